The molecule has 1 atom stereocenters. The van der Waals surface area contributed by atoms with Crippen LogP contribution in [-0.2, 0) is 14.8 Å². The molecule has 9 heteroatoms. The number of hydrogen-bond donors (Lipinski definition) is 2. The van der Waals surface area contributed by atoms with Crippen molar-refractivity contribution in [3.8, 4) is 11.5 Å². The molecular formula is C20H22N2O6S. The summed E-state index contributed by atoms with van der Waals surface area (Å²) in [7, 11) is -3.65. The van der Waals surface area contributed by atoms with Crippen molar-refractivity contribution in [1.82, 2.24) is 4.72 Å². The Bertz CT molecular complexity index is 985. The van der Waals surface area contributed by atoms with Crippen LogP contribution in [0.1, 0.15) is 23.2 Å². The first-order chi connectivity index (χ1) is 14.0. The van der Waals surface area contributed by atoms with Gasteiger partial charge in [-0.2, -0.15) is 0 Å². The van der Waals surface area contributed by atoms with Gasteiger partial charge >= 0.3 is 0 Å². The van der Waals surface area contributed by atoms with Gasteiger partial charge in [-0.1, -0.05) is 0 Å². The molecule has 0 radical (unpaired) electrons. The second-order valence-electron chi connectivity index (χ2n) is 6.82. The monoisotopic (exact) mass is 418 g/mol. The van der Waals surface area contributed by atoms with Gasteiger partial charge in [0.1, 0.15) is 13.2 Å². The van der Waals surface area contributed by atoms with Gasteiger partial charge in [-0.25, -0.2) is 13.1 Å². The first-order valence-electron chi connectivity index (χ1n) is 9.44. The van der Waals surface area contributed by atoms with Gasteiger partial charge in [0.2, 0.25) is 10.0 Å². The zero-order valence-corrected chi connectivity index (χ0v) is 16.5. The van der Waals surface area contributed by atoms with Gasteiger partial charge in [-0.3, -0.25) is 4.79 Å². The van der Waals surface area contributed by atoms with Gasteiger partial charge in [-0.15, -0.1) is 0 Å². The highest BCUT2D eigenvalue weighted by Crippen LogP contribution is 2.32. The van der Waals surface area contributed by atoms with Gasteiger partial charge in [0, 0.05) is 30.5 Å². The molecule has 0 saturated carbocycles. The number of hydrogen-bond acceptors (Lipinski definition) is 6. The first-order valence-corrected chi connectivity index (χ1v) is 10.9. The second-order valence-corrected chi connectivity index (χ2v) is 8.59. The maximum absolute atomic E-state index is 12.5. The lowest BCUT2D eigenvalue weighted by Crippen LogP contribution is -2.31. The predicted octanol–water partition coefficient (Wildman–Crippen LogP) is 2.17. The van der Waals surface area contributed by atoms with E-state index in [4.69, 9.17) is 14.2 Å². The number of anilines is 1. The minimum absolute atomic E-state index is 0.0826. The zero-order chi connectivity index (χ0) is 20.3. The van der Waals surface area contributed by atoms with E-state index < -0.39 is 10.0 Å². The molecule has 2 aliphatic rings. The Morgan fingerprint density at radius 2 is 1.76 bits per heavy atom. The Morgan fingerprint density at radius 1 is 1.00 bits per heavy atom. The van der Waals surface area contributed by atoms with E-state index in [9.17, 15) is 13.2 Å². The summed E-state index contributed by atoms with van der Waals surface area (Å²) < 4.78 is 43.8. The average molecular weight is 418 g/mol. The zero-order valence-electron chi connectivity index (χ0n) is 15.7. The molecule has 2 aliphatic heterocycles. The van der Waals surface area contributed by atoms with Crippen LogP contribution in [-0.4, -0.2) is 46.8 Å². The van der Waals surface area contributed by atoms with Crippen LogP contribution in [0.25, 0.3) is 0 Å². The molecule has 1 fully saturated rings. The van der Waals surface area contributed by atoms with Crippen molar-refractivity contribution in [3.63, 3.8) is 0 Å². The lowest BCUT2D eigenvalue weighted by molar-refractivity contribution is 0.102. The van der Waals surface area contributed by atoms with Crippen LogP contribution in [0.4, 0.5) is 5.69 Å². The van der Waals surface area contributed by atoms with E-state index in [0.717, 1.165) is 12.8 Å². The molecule has 1 saturated heterocycles. The molecule has 29 heavy (non-hydrogen) atoms. The summed E-state index contributed by atoms with van der Waals surface area (Å²) in [5.74, 6) is 0.866. The smallest absolute Gasteiger partial charge is 0.255 e. The molecule has 2 aromatic carbocycles. The fraction of sp³-hybridized carbons (Fsp3) is 0.350. The topological polar surface area (TPSA) is 103 Å². The highest BCUT2D eigenvalue weighted by atomic mass is 32.2. The minimum Gasteiger partial charge on any atom is -0.486 e. The van der Waals surface area contributed by atoms with Gasteiger partial charge in [0.05, 0.1) is 11.0 Å². The van der Waals surface area contributed by atoms with Crippen molar-refractivity contribution in [2.24, 2.45) is 0 Å². The molecule has 0 aromatic heterocycles. The van der Waals surface area contributed by atoms with Crippen LogP contribution in [0.3, 0.4) is 0 Å². The van der Waals surface area contributed by atoms with Gasteiger partial charge in [0.15, 0.2) is 11.5 Å². The molecular weight excluding hydrogens is 396 g/mol. The lowest BCUT2D eigenvalue weighted by Gasteiger charge is -2.19. The number of fused-ring (bicyclic) bond motifs is 1. The highest BCUT2D eigenvalue weighted by molar-refractivity contribution is 7.89. The molecule has 154 valence electrons. The van der Waals surface area contributed by atoms with Crippen molar-refractivity contribution in [1.29, 1.82) is 0 Å². The summed E-state index contributed by atoms with van der Waals surface area (Å²) in [6.45, 7) is 1.87. The Morgan fingerprint density at radius 3 is 2.48 bits per heavy atom. The summed E-state index contributed by atoms with van der Waals surface area (Å²) >= 11 is 0. The number of rotatable bonds is 6. The largest absolute Gasteiger partial charge is 0.486 e. The van der Waals surface area contributed by atoms with Gasteiger partial charge < -0.3 is 19.5 Å². The fourth-order valence-electron chi connectivity index (χ4n) is 3.20. The molecule has 1 amide bonds. The maximum atomic E-state index is 12.5. The molecule has 0 spiro atoms. The summed E-state index contributed by atoms with van der Waals surface area (Å²) in [5.41, 5.74) is 0.909. The van der Waals surface area contributed by atoms with Crippen LogP contribution >= 0.6 is 0 Å². The number of amides is 1. The molecule has 8 nitrogen and oxygen atoms in total. The Balaban J connectivity index is 1.39. The summed E-state index contributed by atoms with van der Waals surface area (Å²) in [6, 6.07) is 10.9. The highest BCUT2D eigenvalue weighted by Gasteiger charge is 2.20. The number of nitrogens with one attached hydrogen (secondary N) is 2. The molecule has 2 N–H and O–H groups in total. The van der Waals surface area contributed by atoms with Crippen LogP contribution in [0, 0.1) is 0 Å². The SMILES string of the molecule is O=C(Nc1ccc2c(c1)OCCO2)c1ccc(S(=O)(=O)NCC2CCCO2)cc1. The van der Waals surface area contributed by atoms with Crippen molar-refractivity contribution >= 4 is 21.6 Å². The predicted molar refractivity (Wildman–Crippen MR) is 106 cm³/mol. The van der Waals surface area contributed by atoms with Crippen molar-refractivity contribution in [3.05, 3.63) is 48.0 Å². The van der Waals surface area contributed by atoms with E-state index >= 15 is 0 Å². The number of benzene rings is 2. The van der Waals surface area contributed by atoms with Gasteiger partial charge in [-0.05, 0) is 49.2 Å². The Hall–Kier alpha value is -2.62. The number of sulfonamides is 1. The molecule has 0 bridgehead atoms. The Labute approximate surface area is 169 Å². The number of carbonyl (C=O) groups excluding carboxylic acids is 1. The third kappa shape index (κ3) is 4.69. The molecule has 2 heterocycles. The van der Waals surface area contributed by atoms with Crippen molar-refractivity contribution < 1.29 is 27.4 Å². The van der Waals surface area contributed by atoms with E-state index in [2.05, 4.69) is 10.0 Å². The van der Waals surface area contributed by atoms with Crippen LogP contribution in [0.2, 0.25) is 0 Å². The van der Waals surface area contributed by atoms with E-state index in [0.29, 0.717) is 42.6 Å². The summed E-state index contributed by atoms with van der Waals surface area (Å²) in [6.07, 6.45) is 1.71. The minimum atomic E-state index is -3.65. The first kappa shape index (κ1) is 19.7. The van der Waals surface area contributed by atoms with E-state index in [-0.39, 0.29) is 23.5 Å². The summed E-state index contributed by atoms with van der Waals surface area (Å²) in [4.78, 5) is 12.6. The third-order valence-electron chi connectivity index (χ3n) is 4.75. The average Bonchev–Trinajstić information content (AvgIpc) is 3.26. The summed E-state index contributed by atoms with van der Waals surface area (Å²) in [5, 5.41) is 2.77. The van der Waals surface area contributed by atoms with E-state index in [1.54, 1.807) is 18.2 Å². The molecule has 0 aliphatic carbocycles. The van der Waals surface area contributed by atoms with Crippen molar-refractivity contribution in [2.75, 3.05) is 31.7 Å². The van der Waals surface area contributed by atoms with Crippen LogP contribution in [0.5, 0.6) is 11.5 Å². The normalized spacial score (nSPS) is 18.4. The molecule has 4 rings (SSSR count). The third-order valence-corrected chi connectivity index (χ3v) is 6.19. The quantitative estimate of drug-likeness (QED) is 0.745. The van der Waals surface area contributed by atoms with Crippen molar-refractivity contribution in [2.45, 2.75) is 23.8 Å². The maximum Gasteiger partial charge on any atom is 0.255 e. The lowest BCUT2D eigenvalue weighted by atomic mass is 10.2. The van der Waals surface area contributed by atoms with Crippen LogP contribution in [0.15, 0.2) is 47.4 Å². The van der Waals surface area contributed by atoms with E-state index in [1.807, 2.05) is 0 Å². The van der Waals surface area contributed by atoms with Crippen LogP contribution < -0.4 is 19.5 Å². The molecule has 1 unspecified atom stereocenters. The van der Waals surface area contributed by atoms with E-state index in [1.165, 1.54) is 24.3 Å². The Kier molecular flexibility index (Phi) is 5.70. The number of ether oxygens (including phenoxy) is 3. The standard InChI is InChI=1S/C20H22N2O6S/c23-20(22-15-5-8-18-19(12-15)28-11-10-27-18)14-3-6-17(7-4-14)29(24,25)21-13-16-2-1-9-26-16/h3-8,12,16,21H,1-2,9-11,13H2,(H,22,23). The number of carbonyl (C=O) groups is 1. The molecule has 2 aromatic rings. The fourth-order valence-corrected chi connectivity index (χ4v) is 4.27. The second kappa shape index (κ2) is 8.40. The van der Waals surface area contributed by atoms with Gasteiger partial charge in [0.25, 0.3) is 5.91 Å².